The minimum atomic E-state index is -1.50. The standard InChI is InChI=1S/C19H36O7S/c1-4-5-6-7-8-9-10-11-19(2,3)26-18(24)27-17-16(23)15(22)14(21)13(12-20)25-17/h13-17,20-23H,4-12H2,1-3H3/t13-,14-,15+,16-,17?/m1/s1. The number of ether oxygens (including phenoxy) is 2. The van der Waals surface area contributed by atoms with E-state index in [0.717, 1.165) is 19.3 Å². The average molecular weight is 409 g/mol. The van der Waals surface area contributed by atoms with Gasteiger partial charge in [-0.15, -0.1) is 0 Å². The number of thioether (sulfide) groups is 1. The highest BCUT2D eigenvalue weighted by atomic mass is 32.2. The van der Waals surface area contributed by atoms with Crippen LogP contribution >= 0.6 is 11.8 Å². The fourth-order valence-corrected chi connectivity index (χ4v) is 4.03. The van der Waals surface area contributed by atoms with Gasteiger partial charge in [0.1, 0.15) is 35.5 Å². The second kappa shape index (κ2) is 12.2. The van der Waals surface area contributed by atoms with Crippen molar-refractivity contribution in [2.45, 2.75) is 108 Å². The van der Waals surface area contributed by atoms with Crippen molar-refractivity contribution in [3.8, 4) is 0 Å². The van der Waals surface area contributed by atoms with Crippen LogP contribution in [-0.4, -0.2) is 67.8 Å². The molecule has 5 atom stereocenters. The zero-order valence-corrected chi connectivity index (χ0v) is 17.5. The van der Waals surface area contributed by atoms with E-state index in [-0.39, 0.29) is 0 Å². The number of aliphatic hydroxyl groups is 4. The Morgan fingerprint density at radius 3 is 2.19 bits per heavy atom. The Kier molecular flexibility index (Phi) is 11.2. The third-order valence-electron chi connectivity index (χ3n) is 4.80. The SMILES string of the molecule is CCCCCCCCCC(C)(C)OC(=O)SC1O[C@H](CO)[C@@H](O)[C@H](O)[C@H]1O. The predicted molar refractivity (Wildman–Crippen MR) is 105 cm³/mol. The lowest BCUT2D eigenvalue weighted by Gasteiger charge is -2.39. The van der Waals surface area contributed by atoms with Gasteiger partial charge in [0, 0.05) is 0 Å². The van der Waals surface area contributed by atoms with Crippen LogP contribution in [0, 0.1) is 0 Å². The maximum Gasteiger partial charge on any atom is 0.370 e. The van der Waals surface area contributed by atoms with Crippen molar-refractivity contribution in [3.05, 3.63) is 0 Å². The number of hydrogen-bond acceptors (Lipinski definition) is 8. The summed E-state index contributed by atoms with van der Waals surface area (Å²) in [6.07, 6.45) is 3.58. The highest BCUT2D eigenvalue weighted by Crippen LogP contribution is 2.31. The third kappa shape index (κ3) is 8.66. The largest absolute Gasteiger partial charge is 0.451 e. The predicted octanol–water partition coefficient (Wildman–Crippen LogP) is 2.58. The summed E-state index contributed by atoms with van der Waals surface area (Å²) >= 11 is 0.618. The molecule has 1 saturated heterocycles. The normalized spacial score (nSPS) is 28.9. The molecule has 0 amide bonds. The number of rotatable bonds is 11. The highest BCUT2D eigenvalue weighted by Gasteiger charge is 2.45. The first kappa shape index (κ1) is 24.7. The van der Waals surface area contributed by atoms with Crippen molar-refractivity contribution in [1.29, 1.82) is 0 Å². The van der Waals surface area contributed by atoms with Crippen LogP contribution in [0.5, 0.6) is 0 Å². The lowest BCUT2D eigenvalue weighted by atomic mass is 9.99. The zero-order valence-electron chi connectivity index (χ0n) is 16.7. The molecule has 8 heteroatoms. The Balaban J connectivity index is 2.36. The summed E-state index contributed by atoms with van der Waals surface area (Å²) in [6.45, 7) is 5.35. The van der Waals surface area contributed by atoms with Gasteiger partial charge in [0.15, 0.2) is 0 Å². The second-order valence-electron chi connectivity index (χ2n) is 7.80. The molecule has 0 aliphatic carbocycles. The molecule has 160 valence electrons. The molecule has 7 nitrogen and oxygen atoms in total. The molecule has 1 fully saturated rings. The molecule has 1 rings (SSSR count). The third-order valence-corrected chi connectivity index (χ3v) is 5.70. The summed E-state index contributed by atoms with van der Waals surface area (Å²) < 4.78 is 10.8. The number of carbonyl (C=O) groups is 1. The van der Waals surface area contributed by atoms with Gasteiger partial charge >= 0.3 is 5.30 Å². The van der Waals surface area contributed by atoms with E-state index in [0.29, 0.717) is 11.8 Å². The van der Waals surface area contributed by atoms with Crippen LogP contribution in [0.4, 0.5) is 4.79 Å². The zero-order chi connectivity index (χ0) is 20.4. The number of hydrogen-bond donors (Lipinski definition) is 4. The first-order valence-corrected chi connectivity index (χ1v) is 10.8. The van der Waals surface area contributed by atoms with Gasteiger partial charge < -0.3 is 29.9 Å². The van der Waals surface area contributed by atoms with Gasteiger partial charge in [0.2, 0.25) is 0 Å². The van der Waals surface area contributed by atoms with Gasteiger partial charge in [-0.25, -0.2) is 4.79 Å². The van der Waals surface area contributed by atoms with Crippen LogP contribution in [0.15, 0.2) is 0 Å². The molecule has 1 unspecified atom stereocenters. The van der Waals surface area contributed by atoms with Gasteiger partial charge in [-0.05, 0) is 38.5 Å². The summed E-state index contributed by atoms with van der Waals surface area (Å²) in [5.74, 6) is 0. The van der Waals surface area contributed by atoms with Crippen molar-refractivity contribution in [3.63, 3.8) is 0 Å². The lowest BCUT2D eigenvalue weighted by Crippen LogP contribution is -2.57. The first-order valence-electron chi connectivity index (χ1n) is 9.92. The smallest absolute Gasteiger partial charge is 0.370 e. The second-order valence-corrected chi connectivity index (χ2v) is 8.83. The monoisotopic (exact) mass is 408 g/mol. The fourth-order valence-electron chi connectivity index (χ4n) is 3.07. The summed E-state index contributed by atoms with van der Waals surface area (Å²) in [4.78, 5) is 12.2. The molecule has 4 N–H and O–H groups in total. The van der Waals surface area contributed by atoms with E-state index in [2.05, 4.69) is 6.92 Å². The summed E-state index contributed by atoms with van der Waals surface area (Å²) in [5, 5.41) is 38.1. The molecule has 0 aromatic heterocycles. The van der Waals surface area contributed by atoms with Gasteiger partial charge in [-0.1, -0.05) is 45.4 Å². The Labute approximate surface area is 166 Å². The van der Waals surface area contributed by atoms with Crippen molar-refractivity contribution in [2.75, 3.05) is 6.61 Å². The van der Waals surface area contributed by atoms with E-state index in [1.165, 1.54) is 32.1 Å². The quantitative estimate of drug-likeness (QED) is 0.304. The number of aliphatic hydroxyl groups excluding tert-OH is 4. The van der Waals surface area contributed by atoms with Crippen LogP contribution in [-0.2, 0) is 9.47 Å². The van der Waals surface area contributed by atoms with E-state index in [4.69, 9.17) is 9.47 Å². The minimum Gasteiger partial charge on any atom is -0.451 e. The van der Waals surface area contributed by atoms with E-state index >= 15 is 0 Å². The number of unbranched alkanes of at least 4 members (excludes halogenated alkanes) is 6. The first-order chi connectivity index (χ1) is 12.7. The number of carbonyl (C=O) groups excluding carboxylic acids is 1. The van der Waals surface area contributed by atoms with Crippen molar-refractivity contribution >= 4 is 17.1 Å². The van der Waals surface area contributed by atoms with Gasteiger partial charge in [-0.2, -0.15) is 0 Å². The van der Waals surface area contributed by atoms with E-state index < -0.39 is 47.4 Å². The molecule has 27 heavy (non-hydrogen) atoms. The molecular formula is C19H36O7S. The molecule has 1 heterocycles. The fraction of sp³-hybridized carbons (Fsp3) is 0.947. The van der Waals surface area contributed by atoms with Crippen molar-refractivity contribution in [1.82, 2.24) is 0 Å². The molecule has 0 saturated carbocycles. The topological polar surface area (TPSA) is 116 Å². The lowest BCUT2D eigenvalue weighted by molar-refractivity contribution is -0.205. The molecule has 0 aromatic carbocycles. The van der Waals surface area contributed by atoms with E-state index in [1.54, 1.807) is 0 Å². The highest BCUT2D eigenvalue weighted by molar-refractivity contribution is 8.13. The van der Waals surface area contributed by atoms with E-state index in [9.17, 15) is 25.2 Å². The Morgan fingerprint density at radius 2 is 1.59 bits per heavy atom. The van der Waals surface area contributed by atoms with E-state index in [1.807, 2.05) is 13.8 Å². The Hall–Kier alpha value is -0.380. The maximum atomic E-state index is 12.2. The van der Waals surface area contributed by atoms with Gasteiger partial charge in [0.05, 0.1) is 6.61 Å². The van der Waals surface area contributed by atoms with Gasteiger partial charge in [0.25, 0.3) is 0 Å². The minimum absolute atomic E-state index is 0.527. The van der Waals surface area contributed by atoms with Crippen molar-refractivity contribution in [2.24, 2.45) is 0 Å². The Bertz CT molecular complexity index is 430. The molecule has 0 radical (unpaired) electrons. The molecule has 1 aliphatic heterocycles. The van der Waals surface area contributed by atoms with Crippen LogP contribution in [0.1, 0.15) is 72.1 Å². The van der Waals surface area contributed by atoms with Crippen LogP contribution in [0.25, 0.3) is 0 Å². The summed E-state index contributed by atoms with van der Waals surface area (Å²) in [5.41, 5.74) is -1.75. The van der Waals surface area contributed by atoms with Crippen LogP contribution < -0.4 is 0 Å². The maximum absolute atomic E-state index is 12.2. The molecule has 0 spiro atoms. The molecular weight excluding hydrogens is 372 g/mol. The average Bonchev–Trinajstić information content (AvgIpc) is 2.61. The molecule has 0 bridgehead atoms. The molecule has 0 aromatic rings. The molecule has 1 aliphatic rings. The van der Waals surface area contributed by atoms with Crippen LogP contribution in [0.2, 0.25) is 0 Å². The summed E-state index contributed by atoms with van der Waals surface area (Å²) in [7, 11) is 0. The van der Waals surface area contributed by atoms with Crippen molar-refractivity contribution < 1.29 is 34.7 Å². The Morgan fingerprint density at radius 1 is 1.00 bits per heavy atom. The van der Waals surface area contributed by atoms with Crippen LogP contribution in [0.3, 0.4) is 0 Å². The summed E-state index contributed by atoms with van der Waals surface area (Å²) in [6, 6.07) is 0. The van der Waals surface area contributed by atoms with Gasteiger partial charge in [-0.3, -0.25) is 0 Å².